The Hall–Kier alpha value is -1.62. The molecule has 0 atom stereocenters. The molecule has 2 aromatic heterocycles. The van der Waals surface area contributed by atoms with E-state index in [-0.39, 0.29) is 0 Å². The Balaban J connectivity index is 1.90. The van der Waals surface area contributed by atoms with Crippen LogP contribution >= 0.6 is 0 Å². The van der Waals surface area contributed by atoms with Gasteiger partial charge in [-0.15, -0.1) is 0 Å². The van der Waals surface area contributed by atoms with Gasteiger partial charge in [-0.05, 0) is 24.3 Å². The number of ether oxygens (including phenoxy) is 1. The molecular formula is C16H26N4O. The summed E-state index contributed by atoms with van der Waals surface area (Å²) in [4.78, 5) is 4.40. The highest BCUT2D eigenvalue weighted by molar-refractivity contribution is 5.67. The normalized spacial score (nSPS) is 11.7. The van der Waals surface area contributed by atoms with Crippen LogP contribution in [-0.2, 0) is 4.74 Å². The molecule has 2 rings (SSSR count). The summed E-state index contributed by atoms with van der Waals surface area (Å²) in [5.41, 5.74) is 2.10. The van der Waals surface area contributed by atoms with Crippen LogP contribution in [0.2, 0.25) is 0 Å². The lowest BCUT2D eigenvalue weighted by Crippen LogP contribution is -2.12. The van der Waals surface area contributed by atoms with E-state index in [0.717, 1.165) is 36.6 Å². The summed E-state index contributed by atoms with van der Waals surface area (Å²) in [5.74, 6) is 1.97. The molecule has 0 saturated carbocycles. The largest absolute Gasteiger partial charge is 0.380 e. The Morgan fingerprint density at radius 2 is 2.05 bits per heavy atom. The van der Waals surface area contributed by atoms with Crippen molar-refractivity contribution in [3.05, 3.63) is 24.2 Å². The Kier molecular flexibility index (Phi) is 5.56. The zero-order valence-corrected chi connectivity index (χ0v) is 13.5. The molecule has 0 saturated heterocycles. The predicted octanol–water partition coefficient (Wildman–Crippen LogP) is 3.33. The van der Waals surface area contributed by atoms with Crippen LogP contribution in [-0.4, -0.2) is 34.4 Å². The minimum Gasteiger partial charge on any atom is -0.380 e. The number of hydrogen-bond acceptors (Lipinski definition) is 4. The molecule has 1 N–H and O–H groups in total. The van der Waals surface area contributed by atoms with Gasteiger partial charge in [-0.1, -0.05) is 27.7 Å². The van der Waals surface area contributed by atoms with E-state index in [4.69, 9.17) is 4.74 Å². The first-order valence-electron chi connectivity index (χ1n) is 7.74. The van der Waals surface area contributed by atoms with E-state index >= 15 is 0 Å². The molecule has 21 heavy (non-hydrogen) atoms. The number of nitrogens with zero attached hydrogens (tertiary/aromatic N) is 3. The molecular weight excluding hydrogens is 264 g/mol. The van der Waals surface area contributed by atoms with E-state index < -0.39 is 0 Å². The molecule has 5 heteroatoms. The highest BCUT2D eigenvalue weighted by atomic mass is 16.5. The first kappa shape index (κ1) is 15.8. The first-order chi connectivity index (χ1) is 10.1. The number of aromatic nitrogens is 3. The first-order valence-corrected chi connectivity index (χ1v) is 7.74. The van der Waals surface area contributed by atoms with Crippen LogP contribution in [0.5, 0.6) is 0 Å². The van der Waals surface area contributed by atoms with Crippen molar-refractivity contribution in [2.24, 2.45) is 5.92 Å². The maximum Gasteiger partial charge on any atom is 0.152 e. The molecule has 0 bridgehead atoms. The van der Waals surface area contributed by atoms with E-state index in [9.17, 15) is 0 Å². The molecule has 0 aromatic carbocycles. The van der Waals surface area contributed by atoms with Crippen molar-refractivity contribution in [3.8, 4) is 0 Å². The maximum absolute atomic E-state index is 5.61. The molecule has 2 heterocycles. The summed E-state index contributed by atoms with van der Waals surface area (Å²) in [6, 6.07) is 2.10. The second-order valence-corrected chi connectivity index (χ2v) is 6.05. The van der Waals surface area contributed by atoms with E-state index in [1.807, 2.05) is 10.7 Å². The molecule has 2 aromatic rings. The fourth-order valence-corrected chi connectivity index (χ4v) is 2.02. The molecule has 0 amide bonds. The lowest BCUT2D eigenvalue weighted by atomic mass is 10.1. The third kappa shape index (κ3) is 4.43. The summed E-state index contributed by atoms with van der Waals surface area (Å²) < 4.78 is 7.49. The summed E-state index contributed by atoms with van der Waals surface area (Å²) in [6.45, 7) is 11.0. The maximum atomic E-state index is 5.61. The van der Waals surface area contributed by atoms with Gasteiger partial charge in [0.05, 0.1) is 12.3 Å². The van der Waals surface area contributed by atoms with Crippen molar-refractivity contribution in [2.45, 2.75) is 40.0 Å². The monoisotopic (exact) mass is 290 g/mol. The van der Waals surface area contributed by atoms with Gasteiger partial charge in [-0.2, -0.15) is 5.10 Å². The average Bonchev–Trinajstić information content (AvgIpc) is 2.87. The van der Waals surface area contributed by atoms with Crippen LogP contribution in [0, 0.1) is 5.92 Å². The highest BCUT2D eigenvalue weighted by Crippen LogP contribution is 2.19. The molecule has 5 nitrogen and oxygen atoms in total. The van der Waals surface area contributed by atoms with Crippen molar-refractivity contribution >= 4 is 11.3 Å². The van der Waals surface area contributed by atoms with Gasteiger partial charge in [0.15, 0.2) is 5.82 Å². The van der Waals surface area contributed by atoms with Gasteiger partial charge >= 0.3 is 0 Å². The van der Waals surface area contributed by atoms with Gasteiger partial charge in [-0.3, -0.25) is 0 Å². The molecule has 0 spiro atoms. The molecule has 116 valence electrons. The van der Waals surface area contributed by atoms with Gasteiger partial charge in [-0.25, -0.2) is 9.50 Å². The zero-order chi connectivity index (χ0) is 15.2. The highest BCUT2D eigenvalue weighted by Gasteiger charge is 2.09. The fraction of sp³-hybridized carbons (Fsp3) is 0.625. The van der Waals surface area contributed by atoms with E-state index in [1.54, 1.807) is 6.20 Å². The Labute approximate surface area is 126 Å². The van der Waals surface area contributed by atoms with Crippen LogP contribution in [0.15, 0.2) is 18.5 Å². The summed E-state index contributed by atoms with van der Waals surface area (Å²) in [5, 5.41) is 7.89. The molecule has 0 radical (unpaired) electrons. The minimum absolute atomic E-state index is 0.414. The molecule has 0 fully saturated rings. The van der Waals surface area contributed by atoms with Crippen molar-refractivity contribution < 1.29 is 4.74 Å². The van der Waals surface area contributed by atoms with Gasteiger partial charge < -0.3 is 10.1 Å². The van der Waals surface area contributed by atoms with Crippen LogP contribution in [0.3, 0.4) is 0 Å². The number of anilines is 1. The fourth-order valence-electron chi connectivity index (χ4n) is 2.02. The number of hydrogen-bond donors (Lipinski definition) is 1. The third-order valence-corrected chi connectivity index (χ3v) is 3.38. The summed E-state index contributed by atoms with van der Waals surface area (Å²) in [6.07, 6.45) is 4.76. The van der Waals surface area contributed by atoms with E-state index in [1.165, 1.54) is 0 Å². The Bertz CT molecular complexity index is 562. The van der Waals surface area contributed by atoms with Crippen molar-refractivity contribution in [1.82, 2.24) is 14.6 Å². The van der Waals surface area contributed by atoms with Gasteiger partial charge in [0, 0.05) is 25.5 Å². The van der Waals surface area contributed by atoms with Crippen molar-refractivity contribution in [3.63, 3.8) is 0 Å². The Morgan fingerprint density at radius 1 is 1.24 bits per heavy atom. The topological polar surface area (TPSA) is 51.5 Å². The standard InChI is InChI=1S/C16H26N4O/c1-12(2)5-9-21-10-7-18-16-15-11-14(13(3)4)19-20(15)8-6-17-16/h6,8,11-13H,5,7,9-10H2,1-4H3,(H,17,18). The van der Waals surface area contributed by atoms with E-state index in [2.05, 4.69) is 49.2 Å². The number of nitrogens with one attached hydrogen (secondary N) is 1. The second-order valence-electron chi connectivity index (χ2n) is 6.05. The third-order valence-electron chi connectivity index (χ3n) is 3.38. The van der Waals surface area contributed by atoms with Gasteiger partial charge in [0.2, 0.25) is 0 Å². The van der Waals surface area contributed by atoms with Crippen molar-refractivity contribution in [1.29, 1.82) is 0 Å². The SMILES string of the molecule is CC(C)CCOCCNc1nccn2nc(C(C)C)cc12. The zero-order valence-electron chi connectivity index (χ0n) is 13.5. The summed E-state index contributed by atoms with van der Waals surface area (Å²) >= 11 is 0. The lowest BCUT2D eigenvalue weighted by Gasteiger charge is -2.08. The smallest absolute Gasteiger partial charge is 0.152 e. The molecule has 0 unspecified atom stereocenters. The van der Waals surface area contributed by atoms with Crippen LogP contribution in [0.1, 0.15) is 45.7 Å². The molecule has 0 aliphatic carbocycles. The van der Waals surface area contributed by atoms with Gasteiger partial charge in [0.1, 0.15) is 5.52 Å². The van der Waals surface area contributed by atoms with Crippen LogP contribution in [0.4, 0.5) is 5.82 Å². The Morgan fingerprint density at radius 3 is 2.76 bits per heavy atom. The van der Waals surface area contributed by atoms with Crippen molar-refractivity contribution in [2.75, 3.05) is 25.1 Å². The van der Waals surface area contributed by atoms with Crippen LogP contribution in [0.25, 0.3) is 5.52 Å². The molecule has 0 aliphatic rings. The van der Waals surface area contributed by atoms with Crippen LogP contribution < -0.4 is 5.32 Å². The number of fused-ring (bicyclic) bond motifs is 1. The minimum atomic E-state index is 0.414. The van der Waals surface area contributed by atoms with E-state index in [0.29, 0.717) is 18.4 Å². The predicted molar refractivity (Wildman–Crippen MR) is 85.8 cm³/mol. The quantitative estimate of drug-likeness (QED) is 0.758. The average molecular weight is 290 g/mol. The number of rotatable bonds is 8. The van der Waals surface area contributed by atoms with Gasteiger partial charge in [0.25, 0.3) is 0 Å². The lowest BCUT2D eigenvalue weighted by molar-refractivity contribution is 0.132. The second kappa shape index (κ2) is 7.41. The molecule has 0 aliphatic heterocycles. The summed E-state index contributed by atoms with van der Waals surface area (Å²) in [7, 11) is 0.